The van der Waals surface area contributed by atoms with Crippen molar-refractivity contribution in [1.29, 1.82) is 0 Å². The molecule has 1 N–H and O–H groups in total. The highest BCUT2D eigenvalue weighted by Gasteiger charge is 2.29. The summed E-state index contributed by atoms with van der Waals surface area (Å²) >= 11 is 0. The molecule has 0 spiro atoms. The van der Waals surface area contributed by atoms with Crippen LogP contribution in [-0.4, -0.2) is 57.9 Å². The van der Waals surface area contributed by atoms with Gasteiger partial charge in [-0.25, -0.2) is 4.39 Å². The number of likely N-dealkylation sites (tertiary alicyclic amines) is 1. The Morgan fingerprint density at radius 1 is 1.14 bits per heavy atom. The highest BCUT2D eigenvalue weighted by atomic mass is 19.1. The largest absolute Gasteiger partial charge is 0.457 e. The molecule has 4 aromatic rings. The van der Waals surface area contributed by atoms with Gasteiger partial charge in [-0.3, -0.25) is 14.5 Å². The molecule has 0 unspecified atom stereocenters. The molecule has 1 aliphatic rings. The van der Waals surface area contributed by atoms with Gasteiger partial charge in [0.25, 0.3) is 5.91 Å². The second kappa shape index (κ2) is 10.1. The number of piperidine rings is 1. The predicted octanol–water partition coefficient (Wildman–Crippen LogP) is 4.76. The number of amides is 1. The number of nitrogens with zero attached hydrogens (tertiary/aromatic N) is 4. The van der Waals surface area contributed by atoms with Crippen LogP contribution in [0.2, 0.25) is 0 Å². The minimum Gasteiger partial charge on any atom is -0.457 e. The number of rotatable bonds is 6. The highest BCUT2D eigenvalue weighted by molar-refractivity contribution is 5.96. The molecule has 0 aliphatic carbocycles. The van der Waals surface area contributed by atoms with E-state index in [4.69, 9.17) is 4.74 Å². The minimum atomic E-state index is -1.07. The van der Waals surface area contributed by atoms with Gasteiger partial charge in [-0.05, 0) is 55.8 Å². The number of carbonyl (C=O) groups excluding carboxylic acids is 1. The summed E-state index contributed by atoms with van der Waals surface area (Å²) in [6, 6.07) is 14.7. The maximum atomic E-state index is 14.4. The first-order valence-corrected chi connectivity index (χ1v) is 12.2. The number of hydrogen-bond donors (Lipinski definition) is 1. The first-order valence-electron chi connectivity index (χ1n) is 12.2. The Balaban J connectivity index is 1.34. The molecule has 36 heavy (non-hydrogen) atoms. The summed E-state index contributed by atoms with van der Waals surface area (Å²) in [7, 11) is 3.79. The van der Waals surface area contributed by atoms with Gasteiger partial charge in [-0.1, -0.05) is 13.0 Å². The normalized spacial score (nSPS) is 18.3. The average Bonchev–Trinajstić information content (AvgIpc) is 3.25. The van der Waals surface area contributed by atoms with Gasteiger partial charge in [0, 0.05) is 55.0 Å². The summed E-state index contributed by atoms with van der Waals surface area (Å²) in [5, 5.41) is 8.23. The SMILES string of the molecule is CCc1cc(-c2cc(Oc3ccc4cnn(C)c4c3)ccn2)ccc1C(=O)N[C@H]1CCN(C)C[C@@H]1F. The van der Waals surface area contributed by atoms with Gasteiger partial charge in [-0.15, -0.1) is 0 Å². The zero-order valence-corrected chi connectivity index (χ0v) is 20.7. The van der Waals surface area contributed by atoms with Crippen LogP contribution in [0.1, 0.15) is 29.3 Å². The summed E-state index contributed by atoms with van der Waals surface area (Å²) in [6.45, 7) is 3.11. The Morgan fingerprint density at radius 3 is 2.78 bits per heavy atom. The number of hydrogen-bond acceptors (Lipinski definition) is 5. The van der Waals surface area contributed by atoms with Crippen LogP contribution in [0.15, 0.2) is 60.9 Å². The molecule has 2 aromatic heterocycles. The topological polar surface area (TPSA) is 72.3 Å². The fourth-order valence-electron chi connectivity index (χ4n) is 4.69. The van der Waals surface area contributed by atoms with Crippen LogP contribution in [0.4, 0.5) is 4.39 Å². The van der Waals surface area contributed by atoms with E-state index in [1.54, 1.807) is 12.3 Å². The molecule has 1 amide bonds. The fourth-order valence-corrected chi connectivity index (χ4v) is 4.69. The third-order valence-electron chi connectivity index (χ3n) is 6.78. The third kappa shape index (κ3) is 4.95. The van der Waals surface area contributed by atoms with Crippen LogP contribution in [0.3, 0.4) is 0 Å². The van der Waals surface area contributed by atoms with Gasteiger partial charge in [0.2, 0.25) is 0 Å². The molecule has 8 heteroatoms. The van der Waals surface area contributed by atoms with Crippen molar-refractivity contribution < 1.29 is 13.9 Å². The number of aryl methyl sites for hydroxylation is 2. The lowest BCUT2D eigenvalue weighted by molar-refractivity contribution is 0.0821. The molecule has 2 aromatic carbocycles. The van der Waals surface area contributed by atoms with E-state index in [2.05, 4.69) is 15.4 Å². The molecule has 3 heterocycles. The number of alkyl halides is 1. The van der Waals surface area contributed by atoms with E-state index in [1.807, 2.05) is 79.3 Å². The number of carbonyl (C=O) groups is 1. The standard InChI is InChI=1S/C28H30FN5O2/c1-4-18-13-19(6-8-23(18)28(35)32-25-10-12-33(2)17-24(25)29)26-14-22(9-11-30-26)36-21-7-5-20-16-31-34(3)27(20)15-21/h5-9,11,13-16,24-25H,4,10,12,17H2,1-3H3,(H,32,35)/t24-,25-/m0/s1. The monoisotopic (exact) mass is 487 g/mol. The van der Waals surface area contributed by atoms with E-state index in [1.165, 1.54) is 0 Å². The van der Waals surface area contributed by atoms with Crippen LogP contribution in [-0.2, 0) is 13.5 Å². The number of halogens is 1. The maximum absolute atomic E-state index is 14.4. The average molecular weight is 488 g/mol. The molecular formula is C28H30FN5O2. The summed E-state index contributed by atoms with van der Waals surface area (Å²) in [6.07, 6.45) is 3.74. The number of pyridine rings is 1. The zero-order chi connectivity index (χ0) is 25.2. The Hall–Kier alpha value is -3.78. The first kappa shape index (κ1) is 23.9. The van der Waals surface area contributed by atoms with Crippen molar-refractivity contribution in [3.8, 4) is 22.8 Å². The number of fused-ring (bicyclic) bond motifs is 1. The second-order valence-corrected chi connectivity index (χ2v) is 9.34. The van der Waals surface area contributed by atoms with Crippen LogP contribution in [0.25, 0.3) is 22.2 Å². The number of benzene rings is 2. The van der Waals surface area contributed by atoms with Gasteiger partial charge in [0.1, 0.15) is 17.7 Å². The molecule has 7 nitrogen and oxygen atoms in total. The zero-order valence-electron chi connectivity index (χ0n) is 20.7. The van der Waals surface area contributed by atoms with Gasteiger partial charge < -0.3 is 15.0 Å². The maximum Gasteiger partial charge on any atom is 0.251 e. The predicted molar refractivity (Wildman–Crippen MR) is 138 cm³/mol. The van der Waals surface area contributed by atoms with E-state index in [-0.39, 0.29) is 5.91 Å². The molecule has 1 saturated heterocycles. The molecule has 0 saturated carbocycles. The molecule has 0 bridgehead atoms. The fraction of sp³-hybridized carbons (Fsp3) is 0.321. The van der Waals surface area contributed by atoms with Crippen molar-refractivity contribution >= 4 is 16.8 Å². The van der Waals surface area contributed by atoms with Crippen LogP contribution >= 0.6 is 0 Å². The molecule has 1 fully saturated rings. The third-order valence-corrected chi connectivity index (χ3v) is 6.78. The lowest BCUT2D eigenvalue weighted by Crippen LogP contribution is -2.51. The Bertz CT molecular complexity index is 1400. The molecule has 5 rings (SSSR count). The van der Waals surface area contributed by atoms with Gasteiger partial charge in [0.15, 0.2) is 0 Å². The summed E-state index contributed by atoms with van der Waals surface area (Å²) < 4.78 is 22.4. The smallest absolute Gasteiger partial charge is 0.251 e. The van der Waals surface area contributed by atoms with E-state index >= 15 is 0 Å². The van der Waals surface area contributed by atoms with Crippen molar-refractivity contribution in [2.75, 3.05) is 20.1 Å². The minimum absolute atomic E-state index is 0.230. The second-order valence-electron chi connectivity index (χ2n) is 9.34. The van der Waals surface area contributed by atoms with Crippen molar-refractivity contribution in [3.63, 3.8) is 0 Å². The molecule has 1 aliphatic heterocycles. The highest BCUT2D eigenvalue weighted by Crippen LogP contribution is 2.29. The van der Waals surface area contributed by atoms with Crippen LogP contribution < -0.4 is 10.1 Å². The van der Waals surface area contributed by atoms with Crippen molar-refractivity contribution in [3.05, 3.63) is 72.1 Å². The van der Waals surface area contributed by atoms with Gasteiger partial charge in [0.05, 0.1) is 23.4 Å². The van der Waals surface area contributed by atoms with Crippen molar-refractivity contribution in [2.24, 2.45) is 7.05 Å². The van der Waals surface area contributed by atoms with Crippen LogP contribution in [0.5, 0.6) is 11.5 Å². The van der Waals surface area contributed by atoms with E-state index in [0.717, 1.165) is 34.3 Å². The molecule has 186 valence electrons. The number of ether oxygens (including phenoxy) is 1. The van der Waals surface area contributed by atoms with E-state index in [0.29, 0.717) is 36.4 Å². The van der Waals surface area contributed by atoms with E-state index < -0.39 is 12.2 Å². The van der Waals surface area contributed by atoms with Gasteiger partial charge in [-0.2, -0.15) is 5.10 Å². The summed E-state index contributed by atoms with van der Waals surface area (Å²) in [5.41, 5.74) is 4.09. The number of aromatic nitrogens is 3. The van der Waals surface area contributed by atoms with Crippen LogP contribution in [0, 0.1) is 0 Å². The summed E-state index contributed by atoms with van der Waals surface area (Å²) in [4.78, 5) is 19.5. The van der Waals surface area contributed by atoms with E-state index in [9.17, 15) is 9.18 Å². The van der Waals surface area contributed by atoms with Crippen molar-refractivity contribution in [1.82, 2.24) is 25.0 Å². The Morgan fingerprint density at radius 2 is 1.97 bits per heavy atom. The Kier molecular flexibility index (Phi) is 6.69. The molecular weight excluding hydrogens is 457 g/mol. The first-order chi connectivity index (χ1) is 17.4. The van der Waals surface area contributed by atoms with Gasteiger partial charge >= 0.3 is 0 Å². The summed E-state index contributed by atoms with van der Waals surface area (Å²) in [5.74, 6) is 1.15. The lowest BCUT2D eigenvalue weighted by Gasteiger charge is -2.32. The van der Waals surface area contributed by atoms with Crippen molar-refractivity contribution in [2.45, 2.75) is 32.0 Å². The lowest BCUT2D eigenvalue weighted by atomic mass is 9.98. The Labute approximate surface area is 209 Å². The molecule has 0 radical (unpaired) electrons. The number of nitrogens with one attached hydrogen (secondary N) is 1. The molecule has 2 atom stereocenters. The quantitative estimate of drug-likeness (QED) is 0.425.